The Hall–Kier alpha value is -2.42. The van der Waals surface area contributed by atoms with E-state index in [-0.39, 0.29) is 17.1 Å². The fourth-order valence-electron chi connectivity index (χ4n) is 1.71. The number of carbonyl (C=O) groups is 1. The lowest BCUT2D eigenvalue weighted by Gasteiger charge is -2.23. The number of rotatable bonds is 5. The lowest BCUT2D eigenvalue weighted by atomic mass is 9.82. The Kier molecular flexibility index (Phi) is 4.22. The van der Waals surface area contributed by atoms with Crippen LogP contribution in [0.3, 0.4) is 0 Å². The zero-order valence-corrected chi connectivity index (χ0v) is 11.2. The number of carboxylic acid groups (broad SMARTS) is 1. The number of hydrogen-bond acceptors (Lipinski definition) is 5. The summed E-state index contributed by atoms with van der Waals surface area (Å²) in [5, 5.41) is 18.5. The van der Waals surface area contributed by atoms with Crippen molar-refractivity contribution in [3.63, 3.8) is 0 Å². The Morgan fingerprint density at radius 1 is 1.21 bits per heavy atom. The SMILES string of the molecule is COc1cc(OC)c(C(C)(C#N)C(=O)O)c(OC)c1. The second-order valence-electron chi connectivity index (χ2n) is 3.95. The van der Waals surface area contributed by atoms with Crippen LogP contribution in [0.1, 0.15) is 12.5 Å². The molecule has 0 fully saturated rings. The average molecular weight is 265 g/mol. The molecule has 0 saturated heterocycles. The molecule has 6 heteroatoms. The Morgan fingerprint density at radius 3 is 1.95 bits per heavy atom. The van der Waals surface area contributed by atoms with E-state index in [1.54, 1.807) is 6.07 Å². The molecule has 19 heavy (non-hydrogen) atoms. The first kappa shape index (κ1) is 14.6. The molecule has 1 unspecified atom stereocenters. The molecule has 0 aliphatic heterocycles. The number of methoxy groups -OCH3 is 3. The van der Waals surface area contributed by atoms with Crippen LogP contribution in [0.5, 0.6) is 17.2 Å². The fraction of sp³-hybridized carbons (Fsp3) is 0.385. The molecule has 1 aromatic rings. The van der Waals surface area contributed by atoms with Crippen molar-refractivity contribution in [2.24, 2.45) is 0 Å². The van der Waals surface area contributed by atoms with Crippen LogP contribution in [0.4, 0.5) is 0 Å². The predicted molar refractivity (Wildman–Crippen MR) is 66.7 cm³/mol. The van der Waals surface area contributed by atoms with E-state index in [4.69, 9.17) is 14.2 Å². The van der Waals surface area contributed by atoms with Crippen molar-refractivity contribution in [1.29, 1.82) is 5.26 Å². The van der Waals surface area contributed by atoms with Crippen molar-refractivity contribution in [1.82, 2.24) is 0 Å². The number of carboxylic acids is 1. The first-order chi connectivity index (χ1) is 8.94. The maximum atomic E-state index is 11.4. The maximum absolute atomic E-state index is 11.4. The average Bonchev–Trinajstić information content (AvgIpc) is 2.44. The smallest absolute Gasteiger partial charge is 0.328 e. The van der Waals surface area contributed by atoms with Crippen LogP contribution in [0, 0.1) is 11.3 Å². The molecule has 0 bridgehead atoms. The fourth-order valence-corrected chi connectivity index (χ4v) is 1.71. The molecular formula is C13H15NO5. The summed E-state index contributed by atoms with van der Waals surface area (Å²) >= 11 is 0. The third kappa shape index (κ3) is 2.40. The summed E-state index contributed by atoms with van der Waals surface area (Å²) in [6.45, 7) is 1.29. The Balaban J connectivity index is 3.66. The van der Waals surface area contributed by atoms with Crippen molar-refractivity contribution >= 4 is 5.97 Å². The monoisotopic (exact) mass is 265 g/mol. The van der Waals surface area contributed by atoms with Gasteiger partial charge in [-0.3, -0.25) is 4.79 Å². The van der Waals surface area contributed by atoms with Gasteiger partial charge in [0.1, 0.15) is 17.2 Å². The number of nitriles is 1. The van der Waals surface area contributed by atoms with Gasteiger partial charge in [-0.1, -0.05) is 0 Å². The van der Waals surface area contributed by atoms with Crippen LogP contribution in [0.15, 0.2) is 12.1 Å². The van der Waals surface area contributed by atoms with Crippen molar-refractivity contribution in [2.75, 3.05) is 21.3 Å². The van der Waals surface area contributed by atoms with Gasteiger partial charge in [0.25, 0.3) is 0 Å². The number of ether oxygens (including phenoxy) is 3. The van der Waals surface area contributed by atoms with Crippen LogP contribution < -0.4 is 14.2 Å². The highest BCUT2D eigenvalue weighted by Gasteiger charge is 2.41. The lowest BCUT2D eigenvalue weighted by Crippen LogP contribution is -2.31. The first-order valence-corrected chi connectivity index (χ1v) is 5.39. The number of hydrogen-bond donors (Lipinski definition) is 1. The Morgan fingerprint density at radius 2 is 1.68 bits per heavy atom. The Labute approximate surface area is 111 Å². The third-order valence-electron chi connectivity index (χ3n) is 2.87. The molecule has 0 aliphatic carbocycles. The van der Waals surface area contributed by atoms with E-state index in [0.29, 0.717) is 5.75 Å². The minimum atomic E-state index is -1.77. The van der Waals surface area contributed by atoms with Gasteiger partial charge < -0.3 is 19.3 Å². The number of benzene rings is 1. The van der Waals surface area contributed by atoms with E-state index in [1.165, 1.54) is 40.4 Å². The van der Waals surface area contributed by atoms with Crippen LogP contribution >= 0.6 is 0 Å². The van der Waals surface area contributed by atoms with Gasteiger partial charge in [0, 0.05) is 12.1 Å². The summed E-state index contributed by atoms with van der Waals surface area (Å²) in [7, 11) is 4.24. The van der Waals surface area contributed by atoms with E-state index < -0.39 is 11.4 Å². The highest BCUT2D eigenvalue weighted by atomic mass is 16.5. The normalized spacial score (nSPS) is 13.0. The molecule has 0 aliphatic rings. The van der Waals surface area contributed by atoms with E-state index in [2.05, 4.69) is 0 Å². The van der Waals surface area contributed by atoms with E-state index in [1.807, 2.05) is 0 Å². The molecule has 1 rings (SSSR count). The first-order valence-electron chi connectivity index (χ1n) is 5.39. The van der Waals surface area contributed by atoms with Crippen molar-refractivity contribution in [2.45, 2.75) is 12.3 Å². The molecule has 0 amide bonds. The van der Waals surface area contributed by atoms with E-state index in [0.717, 1.165) is 0 Å². The van der Waals surface area contributed by atoms with Gasteiger partial charge in [0.2, 0.25) is 0 Å². The zero-order chi connectivity index (χ0) is 14.6. The molecule has 0 spiro atoms. The largest absolute Gasteiger partial charge is 0.496 e. The molecule has 6 nitrogen and oxygen atoms in total. The molecule has 1 N–H and O–H groups in total. The minimum absolute atomic E-state index is 0.160. The molecule has 0 saturated carbocycles. The quantitative estimate of drug-likeness (QED) is 0.869. The van der Waals surface area contributed by atoms with Crippen LogP contribution in [0.25, 0.3) is 0 Å². The van der Waals surface area contributed by atoms with Gasteiger partial charge in [-0.2, -0.15) is 5.26 Å². The standard InChI is InChI=1S/C13H15NO5/c1-13(7-14,12(15)16)11-9(18-3)5-8(17-2)6-10(11)19-4/h5-6H,1-4H3,(H,15,16). The van der Waals surface area contributed by atoms with Gasteiger partial charge >= 0.3 is 5.97 Å². The zero-order valence-electron chi connectivity index (χ0n) is 11.2. The van der Waals surface area contributed by atoms with Gasteiger partial charge in [-0.15, -0.1) is 0 Å². The van der Waals surface area contributed by atoms with E-state index in [9.17, 15) is 15.2 Å². The molecule has 0 aromatic heterocycles. The topological polar surface area (TPSA) is 88.8 Å². The summed E-state index contributed by atoms with van der Waals surface area (Å²) in [6, 6.07) is 4.80. The van der Waals surface area contributed by atoms with Crippen LogP contribution in [0.2, 0.25) is 0 Å². The summed E-state index contributed by atoms with van der Waals surface area (Å²) < 4.78 is 15.4. The van der Waals surface area contributed by atoms with Gasteiger partial charge in [0.05, 0.1) is 33.0 Å². The summed E-state index contributed by atoms with van der Waals surface area (Å²) in [4.78, 5) is 11.4. The summed E-state index contributed by atoms with van der Waals surface area (Å²) in [6.07, 6.45) is 0. The highest BCUT2D eigenvalue weighted by molar-refractivity contribution is 5.87. The third-order valence-corrected chi connectivity index (χ3v) is 2.87. The Bertz CT molecular complexity index is 509. The second-order valence-corrected chi connectivity index (χ2v) is 3.95. The van der Waals surface area contributed by atoms with Crippen LogP contribution in [-0.4, -0.2) is 32.4 Å². The number of nitrogens with zero attached hydrogens (tertiary/aromatic N) is 1. The number of aliphatic carboxylic acids is 1. The second kappa shape index (κ2) is 5.48. The van der Waals surface area contributed by atoms with Crippen molar-refractivity contribution in [3.05, 3.63) is 17.7 Å². The predicted octanol–water partition coefficient (Wildman–Crippen LogP) is 1.58. The molecular weight excluding hydrogens is 250 g/mol. The molecule has 0 heterocycles. The molecule has 0 radical (unpaired) electrons. The van der Waals surface area contributed by atoms with E-state index >= 15 is 0 Å². The summed E-state index contributed by atoms with van der Waals surface area (Å²) in [5.74, 6) is -0.384. The molecule has 102 valence electrons. The molecule has 1 aromatic carbocycles. The van der Waals surface area contributed by atoms with Gasteiger partial charge in [0.15, 0.2) is 5.41 Å². The molecule has 1 atom stereocenters. The van der Waals surface area contributed by atoms with Gasteiger partial charge in [-0.05, 0) is 6.92 Å². The van der Waals surface area contributed by atoms with Gasteiger partial charge in [-0.25, -0.2) is 0 Å². The summed E-state index contributed by atoms with van der Waals surface area (Å²) in [5.41, 5.74) is -1.61. The maximum Gasteiger partial charge on any atom is 0.328 e. The van der Waals surface area contributed by atoms with Crippen LogP contribution in [-0.2, 0) is 10.2 Å². The minimum Gasteiger partial charge on any atom is -0.496 e. The van der Waals surface area contributed by atoms with Crippen molar-refractivity contribution < 1.29 is 24.1 Å². The van der Waals surface area contributed by atoms with Crippen molar-refractivity contribution in [3.8, 4) is 23.3 Å². The highest BCUT2D eigenvalue weighted by Crippen LogP contribution is 2.42. The lowest BCUT2D eigenvalue weighted by molar-refractivity contribution is -0.141.